The van der Waals surface area contributed by atoms with Gasteiger partial charge in [0.1, 0.15) is 12.3 Å². The molecule has 0 saturated carbocycles. The van der Waals surface area contributed by atoms with Crippen molar-refractivity contribution in [3.05, 3.63) is 24.2 Å². The summed E-state index contributed by atoms with van der Waals surface area (Å²) in [5, 5.41) is 0. The van der Waals surface area contributed by atoms with E-state index < -0.39 is 5.97 Å². The Morgan fingerprint density at radius 2 is 2.27 bits per heavy atom. The minimum absolute atomic E-state index is 0.0456. The van der Waals surface area contributed by atoms with E-state index in [4.69, 9.17) is 4.42 Å². The Morgan fingerprint density at radius 1 is 1.53 bits per heavy atom. The van der Waals surface area contributed by atoms with Gasteiger partial charge in [-0.3, -0.25) is 9.59 Å². The van der Waals surface area contributed by atoms with Gasteiger partial charge in [-0.2, -0.15) is 0 Å². The number of rotatable bonds is 4. The Hall–Kier alpha value is -1.78. The van der Waals surface area contributed by atoms with E-state index in [1.165, 1.54) is 18.3 Å². The maximum absolute atomic E-state index is 11.5. The van der Waals surface area contributed by atoms with Crippen LogP contribution in [0.4, 0.5) is 0 Å². The zero-order chi connectivity index (χ0) is 11.3. The van der Waals surface area contributed by atoms with Gasteiger partial charge in [0.25, 0.3) is 0 Å². The molecule has 0 N–H and O–H groups in total. The fourth-order valence-electron chi connectivity index (χ4n) is 1.04. The zero-order valence-electron chi connectivity index (χ0n) is 8.73. The third kappa shape index (κ3) is 3.46. The molecule has 0 spiro atoms. The van der Waals surface area contributed by atoms with Crippen molar-refractivity contribution in [3.8, 4) is 0 Å². The standard InChI is InChI=1S/C10H13NO4/c1-11(7-10(13)14-2)9(12)6-8-4-3-5-15-8/h3-5H,6-7H2,1-2H3. The first kappa shape index (κ1) is 11.3. The quantitative estimate of drug-likeness (QED) is 0.678. The van der Waals surface area contributed by atoms with Crippen LogP contribution >= 0.6 is 0 Å². The number of ether oxygens (including phenoxy) is 1. The molecule has 0 saturated heterocycles. The summed E-state index contributed by atoms with van der Waals surface area (Å²) in [7, 11) is 2.83. The number of carbonyl (C=O) groups is 2. The van der Waals surface area contributed by atoms with E-state index >= 15 is 0 Å². The molecule has 0 aliphatic carbocycles. The van der Waals surface area contributed by atoms with E-state index in [1.807, 2.05) is 0 Å². The number of furan rings is 1. The third-order valence-corrected chi connectivity index (χ3v) is 1.93. The number of esters is 1. The first-order valence-corrected chi connectivity index (χ1v) is 4.46. The van der Waals surface area contributed by atoms with E-state index in [2.05, 4.69) is 4.74 Å². The van der Waals surface area contributed by atoms with Crippen LogP contribution in [0.1, 0.15) is 5.76 Å². The van der Waals surface area contributed by atoms with Crippen LogP contribution in [-0.4, -0.2) is 37.5 Å². The van der Waals surface area contributed by atoms with Crippen molar-refractivity contribution < 1.29 is 18.7 Å². The molecule has 0 atom stereocenters. The minimum atomic E-state index is -0.440. The van der Waals surface area contributed by atoms with E-state index in [1.54, 1.807) is 19.2 Å². The highest BCUT2D eigenvalue weighted by molar-refractivity contribution is 5.82. The third-order valence-electron chi connectivity index (χ3n) is 1.93. The molecule has 1 amide bonds. The van der Waals surface area contributed by atoms with Crippen molar-refractivity contribution in [2.24, 2.45) is 0 Å². The average molecular weight is 211 g/mol. The smallest absolute Gasteiger partial charge is 0.325 e. The molecule has 1 aromatic heterocycles. The highest BCUT2D eigenvalue weighted by Gasteiger charge is 2.14. The second-order valence-electron chi connectivity index (χ2n) is 3.08. The maximum atomic E-state index is 11.5. The molecule has 1 heterocycles. The van der Waals surface area contributed by atoms with Crippen LogP contribution in [0.3, 0.4) is 0 Å². The van der Waals surface area contributed by atoms with Crippen molar-refractivity contribution >= 4 is 11.9 Å². The summed E-state index contributed by atoms with van der Waals surface area (Å²) in [6.45, 7) is -0.0456. The summed E-state index contributed by atoms with van der Waals surface area (Å²) in [4.78, 5) is 23.7. The lowest BCUT2D eigenvalue weighted by molar-refractivity contribution is -0.146. The first-order chi connectivity index (χ1) is 7.13. The minimum Gasteiger partial charge on any atom is -0.469 e. The van der Waals surface area contributed by atoms with Crippen molar-refractivity contribution in [3.63, 3.8) is 0 Å². The van der Waals surface area contributed by atoms with Crippen molar-refractivity contribution in [2.75, 3.05) is 20.7 Å². The molecule has 0 radical (unpaired) electrons. The number of likely N-dealkylation sites (N-methyl/N-ethyl adjacent to an activating group) is 1. The Bertz CT molecular complexity index is 331. The van der Waals surface area contributed by atoms with Crippen LogP contribution < -0.4 is 0 Å². The van der Waals surface area contributed by atoms with E-state index in [-0.39, 0.29) is 18.9 Å². The second kappa shape index (κ2) is 5.19. The molecule has 5 heteroatoms. The Kier molecular flexibility index (Phi) is 3.91. The molecule has 0 aliphatic rings. The monoisotopic (exact) mass is 211 g/mol. The van der Waals surface area contributed by atoms with Crippen LogP contribution in [0, 0.1) is 0 Å². The van der Waals surface area contributed by atoms with Crippen molar-refractivity contribution in [2.45, 2.75) is 6.42 Å². The van der Waals surface area contributed by atoms with Crippen LogP contribution in [0.25, 0.3) is 0 Å². The van der Waals surface area contributed by atoms with Crippen LogP contribution in [0.15, 0.2) is 22.8 Å². The molecule has 15 heavy (non-hydrogen) atoms. The van der Waals surface area contributed by atoms with E-state index in [0.717, 1.165) is 0 Å². The van der Waals surface area contributed by atoms with E-state index in [9.17, 15) is 9.59 Å². The van der Waals surface area contributed by atoms with Crippen molar-refractivity contribution in [1.29, 1.82) is 0 Å². The number of amides is 1. The normalized spacial score (nSPS) is 9.73. The van der Waals surface area contributed by atoms with Gasteiger partial charge >= 0.3 is 5.97 Å². The van der Waals surface area contributed by atoms with Gasteiger partial charge < -0.3 is 14.1 Å². The predicted molar refractivity (Wildman–Crippen MR) is 52.1 cm³/mol. The van der Waals surface area contributed by atoms with Gasteiger partial charge in [0.05, 0.1) is 19.8 Å². The summed E-state index contributed by atoms with van der Waals surface area (Å²) in [6, 6.07) is 3.42. The summed E-state index contributed by atoms with van der Waals surface area (Å²) in [5.41, 5.74) is 0. The number of hydrogen-bond donors (Lipinski definition) is 0. The summed E-state index contributed by atoms with van der Waals surface area (Å²) in [5.74, 6) is -0.0441. The Labute approximate surface area is 87.6 Å². The van der Waals surface area contributed by atoms with E-state index in [0.29, 0.717) is 5.76 Å². The lowest BCUT2D eigenvalue weighted by atomic mass is 10.3. The molecule has 0 bridgehead atoms. The summed E-state index contributed by atoms with van der Waals surface area (Å²) in [6.07, 6.45) is 1.66. The topological polar surface area (TPSA) is 59.8 Å². The SMILES string of the molecule is COC(=O)CN(C)C(=O)Cc1ccco1. The van der Waals surface area contributed by atoms with Gasteiger partial charge in [0.15, 0.2) is 0 Å². The predicted octanol–water partition coefficient (Wildman–Crippen LogP) is 0.453. The number of methoxy groups -OCH3 is 1. The van der Waals surface area contributed by atoms with Gasteiger partial charge in [-0.25, -0.2) is 0 Å². The highest BCUT2D eigenvalue weighted by atomic mass is 16.5. The molecule has 1 rings (SSSR count). The molecule has 5 nitrogen and oxygen atoms in total. The lowest BCUT2D eigenvalue weighted by Crippen LogP contribution is -2.33. The first-order valence-electron chi connectivity index (χ1n) is 4.46. The zero-order valence-corrected chi connectivity index (χ0v) is 8.73. The Balaban J connectivity index is 2.43. The average Bonchev–Trinajstić information content (AvgIpc) is 2.70. The van der Waals surface area contributed by atoms with Crippen molar-refractivity contribution in [1.82, 2.24) is 4.90 Å². The molecule has 0 aromatic carbocycles. The van der Waals surface area contributed by atoms with Gasteiger partial charge in [0, 0.05) is 7.05 Å². The van der Waals surface area contributed by atoms with Gasteiger partial charge in [0.2, 0.25) is 5.91 Å². The Morgan fingerprint density at radius 3 is 2.80 bits per heavy atom. The maximum Gasteiger partial charge on any atom is 0.325 e. The molecule has 1 aromatic rings. The number of hydrogen-bond acceptors (Lipinski definition) is 4. The molecule has 0 fully saturated rings. The van der Waals surface area contributed by atoms with Gasteiger partial charge in [-0.05, 0) is 12.1 Å². The fourth-order valence-corrected chi connectivity index (χ4v) is 1.04. The molecular weight excluding hydrogens is 198 g/mol. The van der Waals surface area contributed by atoms with Crippen LogP contribution in [0.2, 0.25) is 0 Å². The summed E-state index contributed by atoms with van der Waals surface area (Å²) >= 11 is 0. The highest BCUT2D eigenvalue weighted by Crippen LogP contribution is 2.02. The fraction of sp³-hybridized carbons (Fsp3) is 0.400. The van der Waals surface area contributed by atoms with Gasteiger partial charge in [-0.1, -0.05) is 0 Å². The summed E-state index contributed by atoms with van der Waals surface area (Å²) < 4.78 is 9.47. The number of nitrogens with zero attached hydrogens (tertiary/aromatic N) is 1. The van der Waals surface area contributed by atoms with Crippen LogP contribution in [-0.2, 0) is 20.7 Å². The molecule has 0 unspecified atom stereocenters. The van der Waals surface area contributed by atoms with Crippen LogP contribution in [0.5, 0.6) is 0 Å². The molecule has 82 valence electrons. The lowest BCUT2D eigenvalue weighted by Gasteiger charge is -2.14. The molecular formula is C10H13NO4. The largest absolute Gasteiger partial charge is 0.469 e. The van der Waals surface area contributed by atoms with Gasteiger partial charge in [-0.15, -0.1) is 0 Å². The number of carbonyl (C=O) groups excluding carboxylic acids is 2. The molecule has 0 aliphatic heterocycles. The second-order valence-corrected chi connectivity index (χ2v) is 3.08.